The number of halogens is 2. The highest BCUT2D eigenvalue weighted by Gasteiger charge is 2.42. The fraction of sp³-hybridized carbons (Fsp3) is 0.444. The molecule has 0 saturated carbocycles. The maximum atomic E-state index is 14.5. The molecule has 1 amide bonds. The molecule has 0 radical (unpaired) electrons. The predicted octanol–water partition coefficient (Wildman–Crippen LogP) is 4.55. The van der Waals surface area contributed by atoms with E-state index in [-0.39, 0.29) is 35.3 Å². The van der Waals surface area contributed by atoms with Gasteiger partial charge in [0.25, 0.3) is 5.91 Å². The third-order valence-corrected chi connectivity index (χ3v) is 6.84. The Balaban J connectivity index is 1.78. The molecule has 0 saturated heterocycles. The fourth-order valence-electron chi connectivity index (χ4n) is 4.77. The van der Waals surface area contributed by atoms with Gasteiger partial charge in [0.1, 0.15) is 17.3 Å². The molecule has 0 spiro atoms. The van der Waals surface area contributed by atoms with E-state index >= 15 is 0 Å². The van der Waals surface area contributed by atoms with Crippen LogP contribution in [0.4, 0.5) is 8.78 Å². The van der Waals surface area contributed by atoms with Crippen molar-refractivity contribution in [1.29, 1.82) is 0 Å². The van der Waals surface area contributed by atoms with Gasteiger partial charge in [-0.25, -0.2) is 13.8 Å². The molecule has 0 bridgehead atoms. The molecular weight excluding hydrogens is 464 g/mol. The molecule has 0 unspecified atom stereocenters. The van der Waals surface area contributed by atoms with Gasteiger partial charge in [-0.05, 0) is 69.2 Å². The van der Waals surface area contributed by atoms with Crippen LogP contribution in [0.1, 0.15) is 80.8 Å². The third-order valence-electron chi connectivity index (χ3n) is 6.84. The van der Waals surface area contributed by atoms with Crippen molar-refractivity contribution < 1.29 is 18.7 Å². The molecule has 36 heavy (non-hydrogen) atoms. The number of hydrogen-bond donors (Lipinski definition) is 2. The summed E-state index contributed by atoms with van der Waals surface area (Å²) < 4.78 is 29.0. The van der Waals surface area contributed by atoms with E-state index in [9.17, 15) is 18.7 Å². The van der Waals surface area contributed by atoms with Crippen LogP contribution in [-0.2, 0) is 5.41 Å². The second-order valence-corrected chi connectivity index (χ2v) is 10.6. The summed E-state index contributed by atoms with van der Waals surface area (Å²) in [5.74, 6) is -1.45. The van der Waals surface area contributed by atoms with Gasteiger partial charge in [-0.15, -0.1) is 5.10 Å². The average molecular weight is 496 g/mol. The molecule has 0 aliphatic heterocycles. The first-order chi connectivity index (χ1) is 16.9. The number of aromatic nitrogens is 4. The number of hydrogen-bond acceptors (Lipinski definition) is 6. The Bertz CT molecular complexity index is 1270. The minimum atomic E-state index is -1.06. The van der Waals surface area contributed by atoms with Gasteiger partial charge in [0.15, 0.2) is 0 Å². The number of fused-ring (bicyclic) bond motifs is 1. The van der Waals surface area contributed by atoms with Crippen molar-refractivity contribution in [3.05, 3.63) is 70.9 Å². The summed E-state index contributed by atoms with van der Waals surface area (Å²) in [6.07, 6.45) is 4.47. The standard InChI is InChI=1S/C27H31F2N5O2/c1-15(2)16-9-10-27(5,22-13-30-12-21(32-22)25(35)31-14-26(3,4)36)24-17(16)11-20(33-34-24)23-18(28)7-6-8-19(23)29/h6-8,11-13,15-16,36H,9-10,14H2,1-5H3,(H,31,35)/t16-,27-/m1/s1. The number of benzene rings is 1. The Morgan fingerprint density at radius 2 is 1.92 bits per heavy atom. The highest BCUT2D eigenvalue weighted by molar-refractivity contribution is 5.92. The van der Waals surface area contributed by atoms with E-state index in [2.05, 4.69) is 39.3 Å². The number of carbonyl (C=O) groups is 1. The van der Waals surface area contributed by atoms with Crippen LogP contribution in [0.2, 0.25) is 0 Å². The van der Waals surface area contributed by atoms with Gasteiger partial charge < -0.3 is 10.4 Å². The van der Waals surface area contributed by atoms with Crippen molar-refractivity contribution in [2.24, 2.45) is 5.92 Å². The van der Waals surface area contributed by atoms with Crippen molar-refractivity contribution in [3.8, 4) is 11.3 Å². The van der Waals surface area contributed by atoms with E-state index in [0.29, 0.717) is 17.8 Å². The fourth-order valence-corrected chi connectivity index (χ4v) is 4.77. The zero-order valence-electron chi connectivity index (χ0n) is 21.1. The highest BCUT2D eigenvalue weighted by Crippen LogP contribution is 2.48. The molecule has 2 atom stereocenters. The second-order valence-electron chi connectivity index (χ2n) is 10.6. The van der Waals surface area contributed by atoms with Gasteiger partial charge in [0.05, 0.1) is 39.9 Å². The van der Waals surface area contributed by atoms with Crippen LogP contribution in [-0.4, -0.2) is 43.3 Å². The van der Waals surface area contributed by atoms with Gasteiger partial charge in [0, 0.05) is 12.7 Å². The molecule has 7 nitrogen and oxygen atoms in total. The number of nitrogens with zero attached hydrogens (tertiary/aromatic N) is 4. The molecule has 2 heterocycles. The van der Waals surface area contributed by atoms with Gasteiger partial charge in [-0.3, -0.25) is 9.78 Å². The van der Waals surface area contributed by atoms with E-state index in [1.807, 2.05) is 6.92 Å². The van der Waals surface area contributed by atoms with E-state index < -0.39 is 28.6 Å². The Morgan fingerprint density at radius 3 is 2.56 bits per heavy atom. The average Bonchev–Trinajstić information content (AvgIpc) is 2.82. The van der Waals surface area contributed by atoms with Crippen LogP contribution < -0.4 is 5.32 Å². The number of aliphatic hydroxyl groups is 1. The van der Waals surface area contributed by atoms with Crippen molar-refractivity contribution in [3.63, 3.8) is 0 Å². The second kappa shape index (κ2) is 9.61. The van der Waals surface area contributed by atoms with E-state index in [0.717, 1.165) is 12.0 Å². The van der Waals surface area contributed by atoms with Crippen LogP contribution in [0.25, 0.3) is 11.3 Å². The summed E-state index contributed by atoms with van der Waals surface area (Å²) in [6.45, 7) is 9.45. The molecule has 1 aliphatic rings. The topological polar surface area (TPSA) is 101 Å². The lowest BCUT2D eigenvalue weighted by Gasteiger charge is -2.39. The molecule has 190 valence electrons. The van der Waals surface area contributed by atoms with Crippen molar-refractivity contribution >= 4 is 5.91 Å². The molecule has 3 aromatic rings. The van der Waals surface area contributed by atoms with Gasteiger partial charge in [0.2, 0.25) is 0 Å². The van der Waals surface area contributed by atoms with Gasteiger partial charge >= 0.3 is 0 Å². The van der Waals surface area contributed by atoms with Gasteiger partial charge in [-0.1, -0.05) is 19.9 Å². The molecule has 4 rings (SSSR count). The SMILES string of the molecule is CC(C)[C@H]1CC[C@](C)(c2cncc(C(=O)NCC(C)(C)O)n2)c2nnc(-c3c(F)cccc3F)cc21. The lowest BCUT2D eigenvalue weighted by molar-refractivity contribution is 0.0691. The summed E-state index contributed by atoms with van der Waals surface area (Å²) in [6, 6.07) is 5.46. The van der Waals surface area contributed by atoms with Crippen LogP contribution in [0.3, 0.4) is 0 Å². The minimum Gasteiger partial charge on any atom is -0.389 e. The first kappa shape index (κ1) is 25.8. The monoisotopic (exact) mass is 495 g/mol. The van der Waals surface area contributed by atoms with E-state index in [1.165, 1.54) is 24.4 Å². The van der Waals surface area contributed by atoms with Crippen LogP contribution in [0.5, 0.6) is 0 Å². The summed E-state index contributed by atoms with van der Waals surface area (Å²) >= 11 is 0. The van der Waals surface area contributed by atoms with Gasteiger partial charge in [-0.2, -0.15) is 5.10 Å². The Kier molecular flexibility index (Phi) is 6.88. The summed E-state index contributed by atoms with van der Waals surface area (Å²) in [7, 11) is 0. The maximum absolute atomic E-state index is 14.5. The Morgan fingerprint density at radius 1 is 1.22 bits per heavy atom. The van der Waals surface area contributed by atoms with Crippen molar-refractivity contribution in [2.45, 2.75) is 64.4 Å². The number of nitrogens with one attached hydrogen (secondary N) is 1. The van der Waals surface area contributed by atoms with E-state index in [4.69, 9.17) is 0 Å². The molecule has 2 aromatic heterocycles. The molecule has 1 aliphatic carbocycles. The minimum absolute atomic E-state index is 0.0643. The molecule has 2 N–H and O–H groups in total. The highest BCUT2D eigenvalue weighted by atomic mass is 19.1. The Hall–Kier alpha value is -3.33. The molecular formula is C27H31F2N5O2. The number of carbonyl (C=O) groups excluding carboxylic acids is 1. The first-order valence-corrected chi connectivity index (χ1v) is 12.1. The third kappa shape index (κ3) is 4.97. The van der Waals surface area contributed by atoms with Crippen LogP contribution in [0.15, 0.2) is 36.7 Å². The zero-order valence-corrected chi connectivity index (χ0v) is 21.1. The largest absolute Gasteiger partial charge is 0.389 e. The Labute approximate surface area is 209 Å². The molecule has 1 aromatic carbocycles. The molecule has 9 heteroatoms. The smallest absolute Gasteiger partial charge is 0.271 e. The van der Waals surface area contributed by atoms with Crippen LogP contribution in [0, 0.1) is 17.6 Å². The summed E-state index contributed by atoms with van der Waals surface area (Å²) in [4.78, 5) is 21.5. The van der Waals surface area contributed by atoms with Crippen molar-refractivity contribution in [2.75, 3.05) is 6.54 Å². The zero-order chi connectivity index (χ0) is 26.3. The summed E-state index contributed by atoms with van der Waals surface area (Å²) in [5.41, 5.74) is 0.384. The summed E-state index contributed by atoms with van der Waals surface area (Å²) in [5, 5.41) is 21.3. The quantitative estimate of drug-likeness (QED) is 0.520. The normalized spacial score (nSPS) is 19.8. The van der Waals surface area contributed by atoms with E-state index in [1.54, 1.807) is 26.1 Å². The number of rotatable bonds is 6. The predicted molar refractivity (Wildman–Crippen MR) is 131 cm³/mol. The first-order valence-electron chi connectivity index (χ1n) is 12.1. The number of amides is 1. The van der Waals surface area contributed by atoms with Crippen molar-refractivity contribution in [1.82, 2.24) is 25.5 Å². The molecule has 0 fully saturated rings. The maximum Gasteiger partial charge on any atom is 0.271 e. The van der Waals surface area contributed by atoms with Crippen LogP contribution >= 0.6 is 0 Å². The lowest BCUT2D eigenvalue weighted by atomic mass is 9.66. The lowest BCUT2D eigenvalue weighted by Crippen LogP contribution is -2.39.